The van der Waals surface area contributed by atoms with Crippen molar-refractivity contribution in [3.8, 4) is 0 Å². The van der Waals surface area contributed by atoms with Crippen LogP contribution in [-0.2, 0) is 14.5 Å². The maximum atomic E-state index is 11.4. The maximum absolute atomic E-state index is 11.4. The number of ether oxygens (including phenoxy) is 2. The van der Waals surface area contributed by atoms with Crippen LogP contribution in [0.3, 0.4) is 0 Å². The molecular formula is C13H18N4O4S. The van der Waals surface area contributed by atoms with E-state index in [1.807, 2.05) is 6.92 Å². The van der Waals surface area contributed by atoms with Gasteiger partial charge in [0.1, 0.15) is 0 Å². The number of hydrogen-bond donors (Lipinski definition) is 3. The van der Waals surface area contributed by atoms with E-state index in [9.17, 15) is 4.79 Å². The van der Waals surface area contributed by atoms with Gasteiger partial charge in [-0.3, -0.25) is 15.2 Å². The lowest BCUT2D eigenvalue weighted by atomic mass is 10.1. The molecule has 1 aliphatic heterocycles. The van der Waals surface area contributed by atoms with Crippen LogP contribution in [0.15, 0.2) is 17.4 Å². The fourth-order valence-corrected chi connectivity index (χ4v) is 2.76. The van der Waals surface area contributed by atoms with Crippen molar-refractivity contribution in [3.05, 3.63) is 29.1 Å². The lowest BCUT2D eigenvalue weighted by Crippen LogP contribution is -2.38. The largest absolute Gasteiger partial charge is 0.394 e. The van der Waals surface area contributed by atoms with Crippen LogP contribution in [0.1, 0.15) is 21.6 Å². The molecule has 0 aliphatic carbocycles. The van der Waals surface area contributed by atoms with Crippen LogP contribution in [0, 0.1) is 6.92 Å². The second-order valence-electron chi connectivity index (χ2n) is 4.49. The van der Waals surface area contributed by atoms with E-state index in [0.717, 1.165) is 0 Å². The van der Waals surface area contributed by atoms with Crippen LogP contribution in [0.4, 0.5) is 0 Å². The Kier molecular flexibility index (Phi) is 5.72. The van der Waals surface area contributed by atoms with Crippen molar-refractivity contribution in [2.24, 2.45) is 10.8 Å². The zero-order valence-corrected chi connectivity index (χ0v) is 12.9. The Balaban J connectivity index is 2.16. The fraction of sp³-hybridized carbons (Fsp3) is 0.462. The molecule has 2 heterocycles. The van der Waals surface area contributed by atoms with E-state index in [2.05, 4.69) is 15.5 Å². The first kappa shape index (κ1) is 16.7. The Labute approximate surface area is 132 Å². The molecule has 1 atom stereocenters. The molecule has 1 aliphatic rings. The number of hydrogen-bond acceptors (Lipinski definition) is 8. The lowest BCUT2D eigenvalue weighted by molar-refractivity contribution is -0.0357. The van der Waals surface area contributed by atoms with Crippen molar-refractivity contribution in [2.45, 2.75) is 12.0 Å². The average Bonchev–Trinajstić information content (AvgIpc) is 2.97. The number of aliphatic hydroxyl groups is 1. The van der Waals surface area contributed by atoms with Crippen molar-refractivity contribution >= 4 is 23.2 Å². The number of nitrogens with zero attached hydrogens (tertiary/aromatic N) is 2. The zero-order chi connectivity index (χ0) is 16.0. The highest BCUT2D eigenvalue weighted by Crippen LogP contribution is 2.38. The van der Waals surface area contributed by atoms with Gasteiger partial charge in [-0.15, -0.1) is 0 Å². The SMILES string of the molecule is Cc1ncc(C(N)=O)cc1C1(OCCOCCO)NN=CS1. The summed E-state index contributed by atoms with van der Waals surface area (Å²) in [6.07, 6.45) is 1.43. The van der Waals surface area contributed by atoms with Gasteiger partial charge in [0.2, 0.25) is 11.0 Å². The van der Waals surface area contributed by atoms with Gasteiger partial charge in [0.05, 0.1) is 37.5 Å². The first-order valence-electron chi connectivity index (χ1n) is 6.65. The van der Waals surface area contributed by atoms with Crippen LogP contribution in [0.25, 0.3) is 0 Å². The number of nitrogens with two attached hydrogens (primary N) is 1. The standard InChI is InChI=1S/C13H18N4O4S/c1-9-11(6-10(7-15-9)12(14)19)13(17-16-8-22-13)21-5-4-20-3-2-18/h6-8,17-18H,2-5H2,1H3,(H2,14,19). The molecule has 0 saturated heterocycles. The minimum absolute atomic E-state index is 0.0368. The van der Waals surface area contributed by atoms with E-state index in [1.165, 1.54) is 18.0 Å². The highest BCUT2D eigenvalue weighted by molar-refractivity contribution is 8.12. The number of carbonyl (C=O) groups is 1. The number of amides is 1. The van der Waals surface area contributed by atoms with E-state index in [4.69, 9.17) is 20.3 Å². The van der Waals surface area contributed by atoms with Gasteiger partial charge < -0.3 is 20.3 Å². The molecule has 1 aromatic heterocycles. The van der Waals surface area contributed by atoms with Gasteiger partial charge >= 0.3 is 0 Å². The van der Waals surface area contributed by atoms with Gasteiger partial charge in [-0.25, -0.2) is 0 Å². The van der Waals surface area contributed by atoms with Crippen molar-refractivity contribution < 1.29 is 19.4 Å². The molecular weight excluding hydrogens is 308 g/mol. The van der Waals surface area contributed by atoms with Crippen molar-refractivity contribution in [2.75, 3.05) is 26.4 Å². The number of carbonyl (C=O) groups excluding carboxylic acids is 1. The van der Waals surface area contributed by atoms with Crippen molar-refractivity contribution in [1.82, 2.24) is 10.4 Å². The lowest BCUT2D eigenvalue weighted by Gasteiger charge is -2.29. The number of aryl methyl sites for hydroxylation is 1. The number of aliphatic hydroxyl groups excluding tert-OH is 1. The van der Waals surface area contributed by atoms with E-state index in [-0.39, 0.29) is 19.8 Å². The number of pyridine rings is 1. The second-order valence-corrected chi connectivity index (χ2v) is 5.51. The van der Waals surface area contributed by atoms with Gasteiger partial charge in [0.15, 0.2) is 0 Å². The number of primary amides is 1. The third-order valence-corrected chi connectivity index (χ3v) is 3.95. The summed E-state index contributed by atoms with van der Waals surface area (Å²) in [6, 6.07) is 1.65. The monoisotopic (exact) mass is 326 g/mol. The molecule has 2 rings (SSSR count). The third-order valence-electron chi connectivity index (χ3n) is 2.98. The highest BCUT2D eigenvalue weighted by Gasteiger charge is 2.38. The molecule has 0 aromatic carbocycles. The van der Waals surface area contributed by atoms with Crippen LogP contribution in [0.5, 0.6) is 0 Å². The molecule has 4 N–H and O–H groups in total. The summed E-state index contributed by atoms with van der Waals surface area (Å²) >= 11 is 1.32. The minimum Gasteiger partial charge on any atom is -0.394 e. The normalized spacial score (nSPS) is 20.1. The summed E-state index contributed by atoms with van der Waals surface area (Å²) in [5.74, 6) is -0.556. The fourth-order valence-electron chi connectivity index (χ4n) is 1.92. The number of hydrazone groups is 1. The molecule has 1 amide bonds. The van der Waals surface area contributed by atoms with Crippen LogP contribution in [0.2, 0.25) is 0 Å². The molecule has 0 fully saturated rings. The Morgan fingerprint density at radius 2 is 2.32 bits per heavy atom. The molecule has 1 unspecified atom stereocenters. The van der Waals surface area contributed by atoms with Crippen molar-refractivity contribution in [1.29, 1.82) is 0 Å². The Morgan fingerprint density at radius 3 is 2.95 bits per heavy atom. The Morgan fingerprint density at radius 1 is 1.50 bits per heavy atom. The van der Waals surface area contributed by atoms with Gasteiger partial charge in [-0.1, -0.05) is 0 Å². The van der Waals surface area contributed by atoms with Crippen LogP contribution in [-0.4, -0.2) is 48.0 Å². The summed E-state index contributed by atoms with van der Waals surface area (Å²) in [5.41, 5.74) is 11.5. The third kappa shape index (κ3) is 3.74. The Hall–Kier alpha value is -1.68. The first-order valence-corrected chi connectivity index (χ1v) is 7.53. The molecule has 22 heavy (non-hydrogen) atoms. The van der Waals surface area contributed by atoms with E-state index in [0.29, 0.717) is 23.4 Å². The predicted octanol–water partition coefficient (Wildman–Crippen LogP) is -0.0956. The van der Waals surface area contributed by atoms with Crippen molar-refractivity contribution in [3.63, 3.8) is 0 Å². The highest BCUT2D eigenvalue weighted by atomic mass is 32.2. The Bertz CT molecular complexity index is 559. The smallest absolute Gasteiger partial charge is 0.250 e. The molecule has 8 nitrogen and oxygen atoms in total. The number of aromatic nitrogens is 1. The van der Waals surface area contributed by atoms with Crippen LogP contribution < -0.4 is 11.2 Å². The number of thioether (sulfide) groups is 1. The van der Waals surface area contributed by atoms with Gasteiger partial charge in [-0.05, 0) is 24.8 Å². The first-order chi connectivity index (χ1) is 10.6. The summed E-state index contributed by atoms with van der Waals surface area (Å²) in [7, 11) is 0. The number of nitrogens with one attached hydrogen (secondary N) is 1. The molecule has 0 radical (unpaired) electrons. The van der Waals surface area contributed by atoms with Gasteiger partial charge in [-0.2, -0.15) is 5.10 Å². The molecule has 0 spiro atoms. The number of rotatable bonds is 8. The minimum atomic E-state index is -0.967. The predicted molar refractivity (Wildman–Crippen MR) is 82.2 cm³/mol. The molecule has 0 bridgehead atoms. The summed E-state index contributed by atoms with van der Waals surface area (Å²) in [4.78, 5) is 15.5. The molecule has 1 aromatic rings. The zero-order valence-electron chi connectivity index (χ0n) is 12.1. The molecule has 120 valence electrons. The van der Waals surface area contributed by atoms with E-state index >= 15 is 0 Å². The topological polar surface area (TPSA) is 119 Å². The maximum Gasteiger partial charge on any atom is 0.250 e. The van der Waals surface area contributed by atoms with Crippen LogP contribution >= 0.6 is 11.8 Å². The molecule has 0 saturated carbocycles. The van der Waals surface area contributed by atoms with E-state index < -0.39 is 11.0 Å². The summed E-state index contributed by atoms with van der Waals surface area (Å²) in [5, 5.41) is 11.7. The summed E-state index contributed by atoms with van der Waals surface area (Å²) < 4.78 is 11.0. The summed E-state index contributed by atoms with van der Waals surface area (Å²) in [6.45, 7) is 2.64. The quantitative estimate of drug-likeness (QED) is 0.571. The van der Waals surface area contributed by atoms with Gasteiger partial charge in [0.25, 0.3) is 0 Å². The van der Waals surface area contributed by atoms with E-state index in [1.54, 1.807) is 11.6 Å². The second kappa shape index (κ2) is 7.54. The molecule has 9 heteroatoms. The van der Waals surface area contributed by atoms with Gasteiger partial charge in [0, 0.05) is 17.5 Å². The average molecular weight is 326 g/mol.